The third-order valence-corrected chi connectivity index (χ3v) is 1.62. The van der Waals surface area contributed by atoms with Crippen LogP contribution in [0.4, 0.5) is 4.39 Å². The summed E-state index contributed by atoms with van der Waals surface area (Å²) in [6.07, 6.45) is -0.116. The lowest BCUT2D eigenvalue weighted by molar-refractivity contribution is 0.231. The molecule has 0 fully saturated rings. The Kier molecular flexibility index (Phi) is 11.8. The van der Waals surface area contributed by atoms with Crippen molar-refractivity contribution in [1.82, 2.24) is 0 Å². The van der Waals surface area contributed by atoms with E-state index in [1.165, 1.54) is 12.1 Å². The molecule has 0 aliphatic rings. The smallest absolute Gasteiger partial charge is 0.488 e. The van der Waals surface area contributed by atoms with E-state index in [0.717, 1.165) is 6.07 Å². The summed E-state index contributed by atoms with van der Waals surface area (Å²) < 4.78 is 18.4. The van der Waals surface area contributed by atoms with Gasteiger partial charge < -0.3 is 14.8 Å². The van der Waals surface area contributed by atoms with Crippen LogP contribution in [0.25, 0.3) is 0 Å². The van der Waals surface area contributed by atoms with Gasteiger partial charge in [0.1, 0.15) is 0 Å². The largest absolute Gasteiger partial charge is 0.488 e. The minimum Gasteiger partial charge on any atom is -0.488 e. The Morgan fingerprint density at radius 2 is 1.61 bits per heavy atom. The zero-order chi connectivity index (χ0) is 14.7. The van der Waals surface area contributed by atoms with Gasteiger partial charge in [-0.1, -0.05) is 33.8 Å². The molecule has 0 aromatic heterocycles. The molecule has 2 N–H and O–H groups in total. The lowest BCUT2D eigenvalue weighted by Crippen LogP contribution is -2.30. The Morgan fingerprint density at radius 1 is 1.11 bits per heavy atom. The molecule has 3 nitrogen and oxygen atoms in total. The van der Waals surface area contributed by atoms with Crippen LogP contribution in [-0.4, -0.2) is 23.3 Å². The third kappa shape index (κ3) is 7.30. The van der Waals surface area contributed by atoms with Crippen LogP contribution in [0.3, 0.4) is 0 Å². The molecule has 0 unspecified atom stereocenters. The Labute approximate surface area is 110 Å². The number of hydrogen-bond acceptors (Lipinski definition) is 3. The van der Waals surface area contributed by atoms with Crippen molar-refractivity contribution < 1.29 is 19.2 Å². The SMILES string of the molecule is CC.CC.CC(C)Oc1ccc(B(O)O)cc1F. The van der Waals surface area contributed by atoms with Gasteiger partial charge in [-0.25, -0.2) is 4.39 Å². The van der Waals surface area contributed by atoms with Crippen molar-refractivity contribution in [3.8, 4) is 5.75 Å². The molecule has 1 aromatic carbocycles. The molecule has 104 valence electrons. The fraction of sp³-hybridized carbons (Fsp3) is 0.538. The molecule has 0 radical (unpaired) electrons. The summed E-state index contributed by atoms with van der Waals surface area (Å²) in [5, 5.41) is 17.5. The zero-order valence-electron chi connectivity index (χ0n) is 12.1. The first-order valence-corrected chi connectivity index (χ1v) is 6.33. The number of ether oxygens (including phenoxy) is 1. The zero-order valence-corrected chi connectivity index (χ0v) is 12.1. The summed E-state index contributed by atoms with van der Waals surface area (Å²) in [7, 11) is -1.66. The second kappa shape index (κ2) is 11.0. The minimum absolute atomic E-state index is 0.110. The van der Waals surface area contributed by atoms with Crippen molar-refractivity contribution in [3.05, 3.63) is 24.0 Å². The van der Waals surface area contributed by atoms with E-state index in [-0.39, 0.29) is 17.3 Å². The van der Waals surface area contributed by atoms with Crippen LogP contribution in [0.2, 0.25) is 0 Å². The van der Waals surface area contributed by atoms with E-state index in [4.69, 9.17) is 14.8 Å². The highest BCUT2D eigenvalue weighted by atomic mass is 19.1. The molecule has 0 saturated carbocycles. The van der Waals surface area contributed by atoms with E-state index in [1.54, 1.807) is 13.8 Å². The molecule has 18 heavy (non-hydrogen) atoms. The molecule has 0 atom stereocenters. The topological polar surface area (TPSA) is 49.7 Å². The molecule has 0 amide bonds. The van der Waals surface area contributed by atoms with Gasteiger partial charge in [0.05, 0.1) is 6.10 Å². The quantitative estimate of drug-likeness (QED) is 0.818. The molecule has 0 heterocycles. The van der Waals surface area contributed by atoms with Crippen LogP contribution in [0.15, 0.2) is 18.2 Å². The van der Waals surface area contributed by atoms with E-state index in [1.807, 2.05) is 27.7 Å². The second-order valence-electron chi connectivity index (χ2n) is 3.23. The first-order valence-electron chi connectivity index (χ1n) is 6.33. The van der Waals surface area contributed by atoms with E-state index < -0.39 is 12.9 Å². The van der Waals surface area contributed by atoms with Crippen LogP contribution < -0.4 is 10.2 Å². The van der Waals surface area contributed by atoms with Crippen molar-refractivity contribution in [1.29, 1.82) is 0 Å². The molecular weight excluding hydrogens is 234 g/mol. The number of hydrogen-bond donors (Lipinski definition) is 2. The average Bonchev–Trinajstić information content (AvgIpc) is 2.36. The summed E-state index contributed by atoms with van der Waals surface area (Å²) in [6, 6.07) is 3.83. The maximum atomic E-state index is 13.2. The third-order valence-electron chi connectivity index (χ3n) is 1.62. The lowest BCUT2D eigenvalue weighted by atomic mass is 9.80. The molecule has 0 saturated heterocycles. The molecule has 0 bridgehead atoms. The fourth-order valence-corrected chi connectivity index (χ4v) is 1.03. The van der Waals surface area contributed by atoms with Crippen molar-refractivity contribution in [2.45, 2.75) is 47.6 Å². The monoisotopic (exact) mass is 258 g/mol. The van der Waals surface area contributed by atoms with Gasteiger partial charge in [-0.05, 0) is 31.4 Å². The van der Waals surface area contributed by atoms with Gasteiger partial charge in [0.25, 0.3) is 0 Å². The van der Waals surface area contributed by atoms with Crippen LogP contribution in [-0.2, 0) is 0 Å². The second-order valence-corrected chi connectivity index (χ2v) is 3.23. The predicted molar refractivity (Wildman–Crippen MR) is 74.7 cm³/mol. The predicted octanol–water partition coefficient (Wildman–Crippen LogP) is 2.35. The summed E-state index contributed by atoms with van der Waals surface area (Å²) >= 11 is 0. The highest BCUT2D eigenvalue weighted by Crippen LogP contribution is 2.16. The van der Waals surface area contributed by atoms with E-state index in [2.05, 4.69) is 0 Å². The molecule has 0 aliphatic carbocycles. The van der Waals surface area contributed by atoms with E-state index in [0.29, 0.717) is 0 Å². The van der Waals surface area contributed by atoms with E-state index >= 15 is 0 Å². The van der Waals surface area contributed by atoms with Gasteiger partial charge in [-0.15, -0.1) is 0 Å². The molecular formula is C13H24BFO3. The number of halogens is 1. The maximum absolute atomic E-state index is 13.2. The van der Waals surface area contributed by atoms with Crippen LogP contribution in [0.1, 0.15) is 41.5 Å². The van der Waals surface area contributed by atoms with Crippen LogP contribution in [0, 0.1) is 5.82 Å². The highest BCUT2D eigenvalue weighted by molar-refractivity contribution is 6.58. The lowest BCUT2D eigenvalue weighted by Gasteiger charge is -2.11. The number of rotatable bonds is 3. The molecule has 1 rings (SSSR count). The van der Waals surface area contributed by atoms with Gasteiger partial charge in [0.15, 0.2) is 11.6 Å². The first kappa shape index (κ1) is 19.3. The highest BCUT2D eigenvalue weighted by Gasteiger charge is 2.14. The molecule has 1 aromatic rings. The summed E-state index contributed by atoms with van der Waals surface area (Å²) in [6.45, 7) is 11.6. The summed E-state index contributed by atoms with van der Waals surface area (Å²) in [5.74, 6) is -0.478. The van der Waals surface area contributed by atoms with Crippen LogP contribution in [0.5, 0.6) is 5.75 Å². The Bertz CT molecular complexity index is 317. The van der Waals surface area contributed by atoms with Crippen molar-refractivity contribution in [3.63, 3.8) is 0 Å². The van der Waals surface area contributed by atoms with Gasteiger partial charge in [0, 0.05) is 0 Å². The Morgan fingerprint density at radius 3 is 1.94 bits per heavy atom. The Balaban J connectivity index is 0. The van der Waals surface area contributed by atoms with Crippen molar-refractivity contribution >= 4 is 12.6 Å². The van der Waals surface area contributed by atoms with Gasteiger partial charge in [-0.2, -0.15) is 0 Å². The fourth-order valence-electron chi connectivity index (χ4n) is 1.03. The van der Waals surface area contributed by atoms with Gasteiger partial charge in [-0.3, -0.25) is 0 Å². The van der Waals surface area contributed by atoms with Crippen LogP contribution >= 0.6 is 0 Å². The van der Waals surface area contributed by atoms with Gasteiger partial charge >= 0.3 is 7.12 Å². The first-order chi connectivity index (χ1) is 8.50. The van der Waals surface area contributed by atoms with Crippen molar-refractivity contribution in [2.75, 3.05) is 0 Å². The molecule has 0 spiro atoms. The summed E-state index contributed by atoms with van der Waals surface area (Å²) in [4.78, 5) is 0. The van der Waals surface area contributed by atoms with Gasteiger partial charge in [0.2, 0.25) is 0 Å². The minimum atomic E-state index is -1.66. The average molecular weight is 258 g/mol. The molecule has 0 aliphatic heterocycles. The van der Waals surface area contributed by atoms with E-state index in [9.17, 15) is 4.39 Å². The standard InChI is InChI=1S/C9H12BFO3.2C2H6/c1-6(2)14-9-4-3-7(10(12)13)5-8(9)11;2*1-2/h3-6,12-13H,1-2H3;2*1-2H3. The summed E-state index contributed by atoms with van der Waals surface area (Å²) in [5.41, 5.74) is 0.110. The number of benzene rings is 1. The van der Waals surface area contributed by atoms with Crippen molar-refractivity contribution in [2.24, 2.45) is 0 Å². The molecule has 5 heteroatoms. The Hall–Kier alpha value is -1.07. The maximum Gasteiger partial charge on any atom is 0.488 e. The normalized spacial score (nSPS) is 8.78.